The number of piperazine rings is 1. The molecule has 0 bridgehead atoms. The molecule has 1 aromatic heterocycles. The van der Waals surface area contributed by atoms with Crippen molar-refractivity contribution in [3.05, 3.63) is 12.1 Å². The van der Waals surface area contributed by atoms with Crippen LogP contribution in [0.15, 0.2) is 12.1 Å². The molecule has 2 aliphatic rings. The Morgan fingerprint density at radius 2 is 1.89 bits per heavy atom. The van der Waals surface area contributed by atoms with Gasteiger partial charge in [0.05, 0.1) is 13.2 Å². The molecule has 0 spiro atoms. The number of hydrogen-bond donors (Lipinski definition) is 0. The summed E-state index contributed by atoms with van der Waals surface area (Å²) in [5, 5.41) is 0. The largest absolute Gasteiger partial charge is 0.472 e. The van der Waals surface area contributed by atoms with Crippen LogP contribution in [-0.4, -0.2) is 73.4 Å². The summed E-state index contributed by atoms with van der Waals surface area (Å²) >= 11 is 0. The molecule has 0 aliphatic carbocycles. The van der Waals surface area contributed by atoms with Gasteiger partial charge in [-0.2, -0.15) is 4.98 Å². The molecule has 2 aliphatic heterocycles. The highest BCUT2D eigenvalue weighted by molar-refractivity contribution is 5.73. The second-order valence-corrected chi connectivity index (χ2v) is 8.35. The lowest BCUT2D eigenvalue weighted by atomic mass is 10.2. The molecule has 150 valence electrons. The highest BCUT2D eigenvalue weighted by Crippen LogP contribution is 2.30. The Morgan fingerprint density at radius 1 is 1.19 bits per heavy atom. The molecule has 0 N–H and O–H groups in total. The summed E-state index contributed by atoms with van der Waals surface area (Å²) in [5.74, 6) is 1.69. The van der Waals surface area contributed by atoms with Gasteiger partial charge in [-0.3, -0.25) is 4.79 Å². The molecule has 0 aromatic carbocycles. The number of rotatable bonds is 3. The third-order valence-corrected chi connectivity index (χ3v) is 4.93. The van der Waals surface area contributed by atoms with Gasteiger partial charge < -0.3 is 24.2 Å². The summed E-state index contributed by atoms with van der Waals surface area (Å²) in [7, 11) is 0. The smallest absolute Gasteiger partial charge is 0.219 e. The Kier molecular flexibility index (Phi) is 5.79. The first-order valence-corrected chi connectivity index (χ1v) is 9.79. The van der Waals surface area contributed by atoms with E-state index < -0.39 is 0 Å². The minimum absolute atomic E-state index is 0.134. The van der Waals surface area contributed by atoms with Crippen molar-refractivity contribution in [1.82, 2.24) is 9.88 Å². The Hall–Kier alpha value is -2.02. The first kappa shape index (κ1) is 19.7. The lowest BCUT2D eigenvalue weighted by Gasteiger charge is -2.38. The van der Waals surface area contributed by atoms with Crippen LogP contribution in [0.4, 0.5) is 11.5 Å². The molecule has 0 radical (unpaired) electrons. The van der Waals surface area contributed by atoms with E-state index in [9.17, 15) is 4.79 Å². The first-order chi connectivity index (χ1) is 12.7. The molecule has 3 rings (SSSR count). The summed E-state index contributed by atoms with van der Waals surface area (Å²) in [6.45, 7) is 15.2. The van der Waals surface area contributed by atoms with Gasteiger partial charge in [-0.15, -0.1) is 0 Å². The number of hydrogen-bond acceptors (Lipinski definition) is 6. The molecule has 1 aromatic rings. The molecule has 27 heavy (non-hydrogen) atoms. The minimum Gasteiger partial charge on any atom is -0.472 e. The fourth-order valence-electron chi connectivity index (χ4n) is 3.53. The van der Waals surface area contributed by atoms with Gasteiger partial charge in [-0.1, -0.05) is 0 Å². The van der Waals surface area contributed by atoms with Crippen molar-refractivity contribution in [2.45, 2.75) is 46.3 Å². The van der Waals surface area contributed by atoms with Crippen LogP contribution in [0.2, 0.25) is 0 Å². The maximum Gasteiger partial charge on any atom is 0.219 e. The number of ether oxygens (including phenoxy) is 2. The van der Waals surface area contributed by atoms with Crippen LogP contribution in [0.25, 0.3) is 0 Å². The maximum atomic E-state index is 11.6. The maximum absolute atomic E-state index is 11.6. The van der Waals surface area contributed by atoms with E-state index in [2.05, 4.69) is 22.8 Å². The molecule has 3 heterocycles. The average molecular weight is 377 g/mol. The zero-order valence-electron chi connectivity index (χ0n) is 17.2. The average Bonchev–Trinajstić information content (AvgIpc) is 2.60. The highest BCUT2D eigenvalue weighted by atomic mass is 16.5. The van der Waals surface area contributed by atoms with Crippen molar-refractivity contribution in [2.75, 3.05) is 55.7 Å². The SMILES string of the molecule is CC(=O)N1CCN(c2cc(N3CCOC[C@H]3C)cc(OC(C)(C)C)n2)CC1. The fraction of sp³-hybridized carbons (Fsp3) is 0.700. The van der Waals surface area contributed by atoms with Gasteiger partial charge in [0.2, 0.25) is 11.8 Å². The molecule has 1 atom stereocenters. The zero-order valence-corrected chi connectivity index (χ0v) is 17.2. The van der Waals surface area contributed by atoms with Crippen LogP contribution in [0, 0.1) is 0 Å². The quantitative estimate of drug-likeness (QED) is 0.806. The number of nitrogens with zero attached hydrogens (tertiary/aromatic N) is 4. The van der Waals surface area contributed by atoms with E-state index in [4.69, 9.17) is 14.5 Å². The van der Waals surface area contributed by atoms with Gasteiger partial charge in [0.25, 0.3) is 0 Å². The molecule has 7 heteroatoms. The van der Waals surface area contributed by atoms with Crippen LogP contribution >= 0.6 is 0 Å². The lowest BCUT2D eigenvalue weighted by molar-refractivity contribution is -0.129. The van der Waals surface area contributed by atoms with Crippen LogP contribution in [0.3, 0.4) is 0 Å². The van der Waals surface area contributed by atoms with E-state index in [1.807, 2.05) is 31.7 Å². The van der Waals surface area contributed by atoms with Crippen molar-refractivity contribution >= 4 is 17.4 Å². The number of pyridine rings is 1. The van der Waals surface area contributed by atoms with Gasteiger partial charge >= 0.3 is 0 Å². The third kappa shape index (κ3) is 5.03. The van der Waals surface area contributed by atoms with Gasteiger partial charge in [0, 0.05) is 63.5 Å². The van der Waals surface area contributed by atoms with E-state index in [1.165, 1.54) is 0 Å². The van der Waals surface area contributed by atoms with Crippen LogP contribution < -0.4 is 14.5 Å². The molecule has 0 unspecified atom stereocenters. The third-order valence-electron chi connectivity index (χ3n) is 4.93. The van der Waals surface area contributed by atoms with Crippen molar-refractivity contribution in [2.24, 2.45) is 0 Å². The number of anilines is 2. The summed E-state index contributed by atoms with van der Waals surface area (Å²) in [5.41, 5.74) is 0.802. The van der Waals surface area contributed by atoms with Gasteiger partial charge in [0.15, 0.2) is 0 Å². The standard InChI is InChI=1S/C20H32N4O3/c1-15-14-26-11-10-24(15)17-12-18(21-19(13-17)27-20(3,4)5)23-8-6-22(7-9-23)16(2)25/h12-13,15H,6-11,14H2,1-5H3/t15-/m1/s1. The summed E-state index contributed by atoms with van der Waals surface area (Å²) in [6, 6.07) is 4.48. The van der Waals surface area contributed by atoms with Gasteiger partial charge in [-0.05, 0) is 27.7 Å². The van der Waals surface area contributed by atoms with Gasteiger partial charge in [0.1, 0.15) is 11.4 Å². The van der Waals surface area contributed by atoms with Crippen LogP contribution in [-0.2, 0) is 9.53 Å². The second kappa shape index (κ2) is 7.92. The lowest BCUT2D eigenvalue weighted by Crippen LogP contribution is -2.48. The predicted octanol–water partition coefficient (Wildman–Crippen LogP) is 2.15. The van der Waals surface area contributed by atoms with E-state index >= 15 is 0 Å². The second-order valence-electron chi connectivity index (χ2n) is 8.35. The summed E-state index contributed by atoms with van der Waals surface area (Å²) in [6.07, 6.45) is 0. The number of carbonyl (C=O) groups excluding carboxylic acids is 1. The predicted molar refractivity (Wildman–Crippen MR) is 107 cm³/mol. The Balaban J connectivity index is 1.87. The Morgan fingerprint density at radius 3 is 2.48 bits per heavy atom. The molecular formula is C20H32N4O3. The van der Waals surface area contributed by atoms with E-state index in [0.29, 0.717) is 11.9 Å². The van der Waals surface area contributed by atoms with Crippen molar-refractivity contribution < 1.29 is 14.3 Å². The summed E-state index contributed by atoms with van der Waals surface area (Å²) < 4.78 is 11.7. The van der Waals surface area contributed by atoms with Crippen molar-refractivity contribution in [3.8, 4) is 5.88 Å². The molecule has 1 amide bonds. The van der Waals surface area contributed by atoms with Crippen LogP contribution in [0.1, 0.15) is 34.6 Å². The normalized spacial score (nSPS) is 21.4. The molecule has 0 saturated carbocycles. The monoisotopic (exact) mass is 376 g/mol. The van der Waals surface area contributed by atoms with Crippen molar-refractivity contribution in [3.63, 3.8) is 0 Å². The number of aromatic nitrogens is 1. The van der Waals surface area contributed by atoms with E-state index in [0.717, 1.165) is 57.4 Å². The van der Waals surface area contributed by atoms with E-state index in [1.54, 1.807) is 6.92 Å². The van der Waals surface area contributed by atoms with Crippen LogP contribution in [0.5, 0.6) is 5.88 Å². The molecule has 7 nitrogen and oxygen atoms in total. The Bertz CT molecular complexity index is 666. The fourth-order valence-corrected chi connectivity index (χ4v) is 3.53. The first-order valence-electron chi connectivity index (χ1n) is 9.79. The zero-order chi connectivity index (χ0) is 19.6. The number of morpholine rings is 1. The molecule has 2 fully saturated rings. The minimum atomic E-state index is -0.313. The molecular weight excluding hydrogens is 344 g/mol. The van der Waals surface area contributed by atoms with E-state index in [-0.39, 0.29) is 11.5 Å². The molecule has 2 saturated heterocycles. The van der Waals surface area contributed by atoms with Crippen molar-refractivity contribution in [1.29, 1.82) is 0 Å². The number of amides is 1. The topological polar surface area (TPSA) is 58.1 Å². The number of carbonyl (C=O) groups is 1. The Labute approximate surface area is 162 Å². The van der Waals surface area contributed by atoms with Gasteiger partial charge in [-0.25, -0.2) is 0 Å². The highest BCUT2D eigenvalue weighted by Gasteiger charge is 2.25. The summed E-state index contributed by atoms with van der Waals surface area (Å²) in [4.78, 5) is 22.9.